The Morgan fingerprint density at radius 2 is 2.44 bits per heavy atom. The van der Waals surface area contributed by atoms with Crippen molar-refractivity contribution in [2.24, 2.45) is 0 Å². The van der Waals surface area contributed by atoms with Crippen LogP contribution in [0.1, 0.15) is 12.8 Å². The maximum absolute atomic E-state index is 10.3. The van der Waals surface area contributed by atoms with Crippen molar-refractivity contribution in [2.75, 3.05) is 6.54 Å². The van der Waals surface area contributed by atoms with Crippen molar-refractivity contribution < 1.29 is 9.90 Å². The number of carboxylic acid groups (broad SMARTS) is 1. The van der Waals surface area contributed by atoms with Crippen molar-refractivity contribution >= 4 is 5.97 Å². The van der Waals surface area contributed by atoms with Crippen LogP contribution in [0.3, 0.4) is 0 Å². The third-order valence-electron chi connectivity index (χ3n) is 1.65. The molecule has 0 aromatic heterocycles. The first-order valence-electron chi connectivity index (χ1n) is 3.02. The van der Waals surface area contributed by atoms with Gasteiger partial charge < -0.3 is 10.0 Å². The Morgan fingerprint density at radius 1 is 1.78 bits per heavy atom. The van der Waals surface area contributed by atoms with Crippen LogP contribution in [0, 0.1) is 7.05 Å². The van der Waals surface area contributed by atoms with Crippen molar-refractivity contribution in [3.05, 3.63) is 7.05 Å². The van der Waals surface area contributed by atoms with Gasteiger partial charge in [-0.2, -0.15) is 0 Å². The fourth-order valence-corrected chi connectivity index (χ4v) is 1.11. The fraction of sp³-hybridized carbons (Fsp3) is 0.667. The minimum atomic E-state index is -0.748. The van der Waals surface area contributed by atoms with Gasteiger partial charge in [0.05, 0.1) is 6.04 Å². The average molecular weight is 128 g/mol. The standard InChI is InChI=1S/C6H10NO2/c1-7-4-2-3-5(7)6(8)9/h5H,1-4H2,(H,8,9)/q-1/t5-/m0/s1. The van der Waals surface area contributed by atoms with Crippen LogP contribution in [0.15, 0.2) is 0 Å². The van der Waals surface area contributed by atoms with E-state index < -0.39 is 5.97 Å². The summed E-state index contributed by atoms with van der Waals surface area (Å²) >= 11 is 0. The average Bonchev–Trinajstić information content (AvgIpc) is 2.13. The molecule has 0 aliphatic carbocycles. The Hall–Kier alpha value is -0.570. The fourth-order valence-electron chi connectivity index (χ4n) is 1.11. The highest BCUT2D eigenvalue weighted by Crippen LogP contribution is 2.14. The molecule has 9 heavy (non-hydrogen) atoms. The normalized spacial score (nSPS) is 28.8. The molecule has 1 fully saturated rings. The van der Waals surface area contributed by atoms with Crippen LogP contribution in [-0.4, -0.2) is 28.6 Å². The van der Waals surface area contributed by atoms with Gasteiger partial charge in [0.1, 0.15) is 0 Å². The predicted molar refractivity (Wildman–Crippen MR) is 32.7 cm³/mol. The predicted octanol–water partition coefficient (Wildman–Crippen LogP) is 0.327. The topological polar surface area (TPSA) is 40.5 Å². The number of likely N-dealkylation sites (tertiary alicyclic amines) is 1. The molecular weight excluding hydrogens is 118 g/mol. The molecule has 1 aliphatic rings. The summed E-state index contributed by atoms with van der Waals surface area (Å²) in [5, 5.41) is 8.50. The summed E-state index contributed by atoms with van der Waals surface area (Å²) in [7, 11) is 3.59. The maximum atomic E-state index is 10.3. The van der Waals surface area contributed by atoms with Gasteiger partial charge in [0, 0.05) is 0 Å². The lowest BCUT2D eigenvalue weighted by atomic mass is 10.2. The van der Waals surface area contributed by atoms with Gasteiger partial charge in [0.15, 0.2) is 0 Å². The summed E-state index contributed by atoms with van der Waals surface area (Å²) in [6.07, 6.45) is 1.71. The monoisotopic (exact) mass is 128 g/mol. The summed E-state index contributed by atoms with van der Waals surface area (Å²) in [5.74, 6) is -0.748. The number of hydrogen-bond acceptors (Lipinski definition) is 2. The van der Waals surface area contributed by atoms with Crippen molar-refractivity contribution in [3.63, 3.8) is 0 Å². The summed E-state index contributed by atoms with van der Waals surface area (Å²) in [5.41, 5.74) is 0. The molecule has 0 aromatic rings. The summed E-state index contributed by atoms with van der Waals surface area (Å²) in [4.78, 5) is 12.0. The zero-order valence-electron chi connectivity index (χ0n) is 5.21. The lowest BCUT2D eigenvalue weighted by Gasteiger charge is -2.22. The molecule has 52 valence electrons. The van der Waals surface area contributed by atoms with E-state index in [2.05, 4.69) is 7.05 Å². The molecule has 1 aliphatic heterocycles. The number of rotatable bonds is 1. The molecular formula is C6H10NO2-. The highest BCUT2D eigenvalue weighted by atomic mass is 16.4. The van der Waals surface area contributed by atoms with E-state index in [9.17, 15) is 4.79 Å². The first-order valence-corrected chi connectivity index (χ1v) is 3.02. The van der Waals surface area contributed by atoms with Gasteiger partial charge in [-0.1, -0.05) is 0 Å². The van der Waals surface area contributed by atoms with Gasteiger partial charge in [0.25, 0.3) is 0 Å². The molecule has 1 rings (SSSR count). The number of hydrogen-bond donors (Lipinski definition) is 1. The van der Waals surface area contributed by atoms with E-state index in [1.54, 1.807) is 4.90 Å². The van der Waals surface area contributed by atoms with Gasteiger partial charge in [-0.25, -0.2) is 0 Å². The van der Waals surface area contributed by atoms with Gasteiger partial charge in [-0.15, -0.1) is 0 Å². The third-order valence-corrected chi connectivity index (χ3v) is 1.65. The van der Waals surface area contributed by atoms with Gasteiger partial charge >= 0.3 is 5.97 Å². The highest BCUT2D eigenvalue weighted by Gasteiger charge is 2.22. The quantitative estimate of drug-likeness (QED) is 0.517. The Balaban J connectivity index is 2.49. The van der Waals surface area contributed by atoms with Crippen LogP contribution < -0.4 is 0 Å². The smallest absolute Gasteiger partial charge is 0.318 e. The molecule has 1 heterocycles. The van der Waals surface area contributed by atoms with E-state index in [4.69, 9.17) is 5.11 Å². The zero-order valence-corrected chi connectivity index (χ0v) is 5.21. The van der Waals surface area contributed by atoms with Crippen molar-refractivity contribution in [3.8, 4) is 0 Å². The van der Waals surface area contributed by atoms with Crippen LogP contribution >= 0.6 is 0 Å². The van der Waals surface area contributed by atoms with Crippen molar-refractivity contribution in [1.82, 2.24) is 4.90 Å². The largest absolute Gasteiger partial charge is 0.480 e. The highest BCUT2D eigenvalue weighted by molar-refractivity contribution is 5.73. The second-order valence-electron chi connectivity index (χ2n) is 2.31. The second kappa shape index (κ2) is 2.35. The van der Waals surface area contributed by atoms with E-state index in [1.807, 2.05) is 0 Å². The van der Waals surface area contributed by atoms with E-state index >= 15 is 0 Å². The van der Waals surface area contributed by atoms with Crippen LogP contribution in [0.5, 0.6) is 0 Å². The molecule has 0 unspecified atom stereocenters. The van der Waals surface area contributed by atoms with Crippen molar-refractivity contribution in [1.29, 1.82) is 0 Å². The molecule has 0 bridgehead atoms. The van der Waals surface area contributed by atoms with Gasteiger partial charge in [0.2, 0.25) is 0 Å². The lowest BCUT2D eigenvalue weighted by molar-refractivity contribution is -0.141. The molecule has 0 aromatic carbocycles. The van der Waals surface area contributed by atoms with Crippen LogP contribution in [-0.2, 0) is 4.79 Å². The summed E-state index contributed by atoms with van der Waals surface area (Å²) in [6, 6.07) is -0.329. The van der Waals surface area contributed by atoms with E-state index in [0.29, 0.717) is 0 Å². The van der Waals surface area contributed by atoms with Gasteiger partial charge in [-0.05, 0) is 19.4 Å². The van der Waals surface area contributed by atoms with Crippen molar-refractivity contribution in [2.45, 2.75) is 18.9 Å². The van der Waals surface area contributed by atoms with E-state index in [-0.39, 0.29) is 6.04 Å². The number of carbonyl (C=O) groups is 1. The lowest BCUT2D eigenvalue weighted by Crippen LogP contribution is -2.30. The Morgan fingerprint density at radius 3 is 2.67 bits per heavy atom. The zero-order chi connectivity index (χ0) is 6.85. The number of aliphatic carboxylic acids is 1. The molecule has 1 N–H and O–H groups in total. The first kappa shape index (κ1) is 6.55. The van der Waals surface area contributed by atoms with E-state index in [0.717, 1.165) is 19.4 Å². The third kappa shape index (κ3) is 1.21. The molecule has 0 spiro atoms. The Bertz CT molecular complexity index is 124. The molecule has 3 nitrogen and oxygen atoms in total. The number of nitrogens with zero attached hydrogens (tertiary/aromatic N) is 1. The molecule has 1 atom stereocenters. The minimum Gasteiger partial charge on any atom is -0.480 e. The molecule has 1 saturated heterocycles. The number of carboxylic acids is 1. The Labute approximate surface area is 54.3 Å². The molecule has 0 amide bonds. The van der Waals surface area contributed by atoms with Crippen LogP contribution in [0.4, 0.5) is 0 Å². The Kier molecular flexibility index (Phi) is 1.71. The van der Waals surface area contributed by atoms with Crippen LogP contribution in [0.2, 0.25) is 0 Å². The molecule has 0 radical (unpaired) electrons. The summed E-state index contributed by atoms with van der Waals surface area (Å²) < 4.78 is 0. The minimum absolute atomic E-state index is 0.329. The second-order valence-corrected chi connectivity index (χ2v) is 2.31. The molecule has 0 saturated carbocycles. The maximum Gasteiger partial charge on any atom is 0.318 e. The van der Waals surface area contributed by atoms with Crippen LogP contribution in [0.25, 0.3) is 0 Å². The van der Waals surface area contributed by atoms with E-state index in [1.165, 1.54) is 0 Å². The molecule has 3 heteroatoms. The first-order chi connectivity index (χ1) is 4.22. The SMILES string of the molecule is [CH2-]N1CCC[C@H]1C(=O)O. The summed E-state index contributed by atoms with van der Waals surface area (Å²) in [6.45, 7) is 0.816. The van der Waals surface area contributed by atoms with Gasteiger partial charge in [-0.3, -0.25) is 11.8 Å².